The molecule has 1 aromatic carbocycles. The lowest BCUT2D eigenvalue weighted by molar-refractivity contribution is 0.996. The highest BCUT2D eigenvalue weighted by Gasteiger charge is 2.02. The van der Waals surface area contributed by atoms with Crippen LogP contribution in [0.2, 0.25) is 5.15 Å². The second kappa shape index (κ2) is 5.85. The van der Waals surface area contributed by atoms with Crippen molar-refractivity contribution in [2.24, 2.45) is 0 Å². The molecule has 0 aliphatic heterocycles. The number of thioether (sulfide) groups is 1. The molecule has 0 bridgehead atoms. The van der Waals surface area contributed by atoms with Gasteiger partial charge in [-0.05, 0) is 31.2 Å². The zero-order valence-electron chi connectivity index (χ0n) is 9.15. The summed E-state index contributed by atoms with van der Waals surface area (Å²) in [6.45, 7) is 1.92. The van der Waals surface area contributed by atoms with Crippen LogP contribution < -0.4 is 0 Å². The average Bonchev–Trinajstić information content (AvgIpc) is 2.25. The lowest BCUT2D eigenvalue weighted by Gasteiger charge is -2.03. The van der Waals surface area contributed by atoms with Crippen LogP contribution in [0.15, 0.2) is 39.7 Å². The van der Waals surface area contributed by atoms with E-state index in [0.717, 1.165) is 21.7 Å². The fourth-order valence-electron chi connectivity index (χ4n) is 1.36. The molecule has 0 amide bonds. The molecule has 0 saturated heterocycles. The molecule has 0 atom stereocenters. The molecule has 0 spiro atoms. The maximum Gasteiger partial charge on any atom is 0.140 e. The normalized spacial score (nSPS) is 10.5. The molecule has 2 aromatic rings. The summed E-state index contributed by atoms with van der Waals surface area (Å²) in [7, 11) is 0. The van der Waals surface area contributed by atoms with E-state index in [9.17, 15) is 0 Å². The van der Waals surface area contributed by atoms with Gasteiger partial charge in [-0.15, -0.1) is 11.8 Å². The minimum Gasteiger partial charge on any atom is -0.237 e. The monoisotopic (exact) mass is 328 g/mol. The Hall–Kier alpha value is -0.580. The van der Waals surface area contributed by atoms with Crippen molar-refractivity contribution in [3.63, 3.8) is 0 Å². The second-order valence-corrected chi connectivity index (χ2v) is 5.85. The van der Waals surface area contributed by atoms with Crippen LogP contribution in [0.4, 0.5) is 0 Å². The minimum atomic E-state index is 0.502. The summed E-state index contributed by atoms with van der Waals surface area (Å²) in [5.41, 5.74) is 0.898. The van der Waals surface area contributed by atoms with E-state index in [4.69, 9.17) is 11.6 Å². The van der Waals surface area contributed by atoms with Gasteiger partial charge >= 0.3 is 0 Å². The Kier molecular flexibility index (Phi) is 4.42. The third-order valence-electron chi connectivity index (χ3n) is 2.03. The van der Waals surface area contributed by atoms with Gasteiger partial charge in [0.25, 0.3) is 0 Å². The lowest BCUT2D eigenvalue weighted by atomic mass is 10.4. The van der Waals surface area contributed by atoms with E-state index in [1.807, 2.05) is 19.1 Å². The van der Waals surface area contributed by atoms with Gasteiger partial charge in [0.15, 0.2) is 0 Å². The van der Waals surface area contributed by atoms with E-state index < -0.39 is 0 Å². The van der Waals surface area contributed by atoms with Crippen LogP contribution in [-0.4, -0.2) is 9.97 Å². The molecule has 2 rings (SSSR count). The van der Waals surface area contributed by atoms with Gasteiger partial charge in [-0.2, -0.15) is 0 Å². The van der Waals surface area contributed by atoms with Crippen molar-refractivity contribution in [3.05, 3.63) is 51.5 Å². The summed E-state index contributed by atoms with van der Waals surface area (Å²) < 4.78 is 1.07. The number of aryl methyl sites for hydroxylation is 1. The number of nitrogens with zero attached hydrogens (tertiary/aromatic N) is 2. The van der Waals surface area contributed by atoms with Gasteiger partial charge in [0, 0.05) is 15.1 Å². The fraction of sp³-hybridized carbons (Fsp3) is 0.167. The van der Waals surface area contributed by atoms with Crippen LogP contribution in [0.3, 0.4) is 0 Å². The van der Waals surface area contributed by atoms with E-state index in [1.165, 1.54) is 4.90 Å². The summed E-state index contributed by atoms with van der Waals surface area (Å²) in [6.07, 6.45) is 0. The van der Waals surface area contributed by atoms with E-state index in [1.54, 1.807) is 17.8 Å². The van der Waals surface area contributed by atoms with E-state index in [-0.39, 0.29) is 0 Å². The van der Waals surface area contributed by atoms with Crippen molar-refractivity contribution in [1.29, 1.82) is 0 Å². The Morgan fingerprint density at radius 1 is 1.29 bits per heavy atom. The standard InChI is InChI=1S/C12H10BrClN2S/c1-8-5-11(14)16-12(15-8)7-17-10-4-2-3-9(13)6-10/h2-6H,7H2,1H3. The summed E-state index contributed by atoms with van der Waals surface area (Å²) in [4.78, 5) is 9.72. The molecule has 17 heavy (non-hydrogen) atoms. The number of hydrogen-bond acceptors (Lipinski definition) is 3. The van der Waals surface area contributed by atoms with Crippen molar-refractivity contribution in [3.8, 4) is 0 Å². The molecule has 1 heterocycles. The number of aromatic nitrogens is 2. The van der Waals surface area contributed by atoms with E-state index in [0.29, 0.717) is 5.15 Å². The quantitative estimate of drug-likeness (QED) is 0.613. The predicted octanol–water partition coefficient (Wildman–Crippen LogP) is 4.49. The molecule has 2 nitrogen and oxygen atoms in total. The lowest BCUT2D eigenvalue weighted by Crippen LogP contribution is -1.95. The molecule has 0 aliphatic carbocycles. The molecular weight excluding hydrogens is 320 g/mol. The molecule has 0 saturated carbocycles. The van der Waals surface area contributed by atoms with Crippen molar-refractivity contribution >= 4 is 39.3 Å². The SMILES string of the molecule is Cc1cc(Cl)nc(CSc2cccc(Br)c2)n1. The van der Waals surface area contributed by atoms with Gasteiger partial charge in [-0.25, -0.2) is 9.97 Å². The largest absolute Gasteiger partial charge is 0.237 e. The number of halogens is 2. The van der Waals surface area contributed by atoms with Crippen LogP contribution in [0.5, 0.6) is 0 Å². The molecule has 0 N–H and O–H groups in total. The first-order valence-corrected chi connectivity index (χ1v) is 7.17. The first-order valence-electron chi connectivity index (χ1n) is 5.02. The van der Waals surface area contributed by atoms with Gasteiger partial charge in [0.1, 0.15) is 11.0 Å². The molecule has 0 aliphatic rings. The first kappa shape index (κ1) is 12.9. The number of hydrogen-bond donors (Lipinski definition) is 0. The van der Waals surface area contributed by atoms with Gasteiger partial charge < -0.3 is 0 Å². The number of rotatable bonds is 3. The molecule has 0 radical (unpaired) electrons. The smallest absolute Gasteiger partial charge is 0.140 e. The topological polar surface area (TPSA) is 25.8 Å². The third kappa shape index (κ3) is 3.98. The van der Waals surface area contributed by atoms with Crippen molar-refractivity contribution in [1.82, 2.24) is 9.97 Å². The van der Waals surface area contributed by atoms with Gasteiger partial charge in [-0.3, -0.25) is 0 Å². The Bertz CT molecular complexity index is 513. The highest BCUT2D eigenvalue weighted by Crippen LogP contribution is 2.24. The maximum absolute atomic E-state index is 5.89. The second-order valence-electron chi connectivity index (χ2n) is 3.49. The van der Waals surface area contributed by atoms with Crippen LogP contribution in [0.1, 0.15) is 11.5 Å². The summed E-state index contributed by atoms with van der Waals surface area (Å²) in [6, 6.07) is 9.91. The molecule has 1 aromatic heterocycles. The van der Waals surface area contributed by atoms with Gasteiger partial charge in [0.2, 0.25) is 0 Å². The molecular formula is C12H10BrClN2S. The zero-order valence-corrected chi connectivity index (χ0v) is 12.3. The molecule has 0 unspecified atom stereocenters. The van der Waals surface area contributed by atoms with Crippen molar-refractivity contribution in [2.75, 3.05) is 0 Å². The summed E-state index contributed by atoms with van der Waals surface area (Å²) >= 11 is 11.0. The minimum absolute atomic E-state index is 0.502. The van der Waals surface area contributed by atoms with Crippen molar-refractivity contribution in [2.45, 2.75) is 17.6 Å². The van der Waals surface area contributed by atoms with Crippen molar-refractivity contribution < 1.29 is 0 Å². The van der Waals surface area contributed by atoms with Crippen LogP contribution >= 0.6 is 39.3 Å². The fourth-order valence-corrected chi connectivity index (χ4v) is 2.97. The number of benzene rings is 1. The molecule has 0 fully saturated rings. The van der Waals surface area contributed by atoms with E-state index >= 15 is 0 Å². The summed E-state index contributed by atoms with van der Waals surface area (Å²) in [5.74, 6) is 1.48. The highest BCUT2D eigenvalue weighted by molar-refractivity contribution is 9.10. The van der Waals surface area contributed by atoms with Gasteiger partial charge in [-0.1, -0.05) is 33.6 Å². The molecule has 5 heteroatoms. The zero-order chi connectivity index (χ0) is 12.3. The van der Waals surface area contributed by atoms with Gasteiger partial charge in [0.05, 0.1) is 5.75 Å². The summed E-state index contributed by atoms with van der Waals surface area (Å²) in [5, 5.41) is 0.502. The van der Waals surface area contributed by atoms with Crippen LogP contribution in [0, 0.1) is 6.92 Å². The Balaban J connectivity index is 2.07. The Labute approximate surface area is 118 Å². The van der Waals surface area contributed by atoms with E-state index in [2.05, 4.69) is 38.0 Å². The highest BCUT2D eigenvalue weighted by atomic mass is 79.9. The Morgan fingerprint density at radius 2 is 2.12 bits per heavy atom. The molecule has 88 valence electrons. The average molecular weight is 330 g/mol. The maximum atomic E-state index is 5.89. The predicted molar refractivity (Wildman–Crippen MR) is 75.5 cm³/mol. The first-order chi connectivity index (χ1) is 8.13. The van der Waals surface area contributed by atoms with Crippen LogP contribution in [-0.2, 0) is 5.75 Å². The Morgan fingerprint density at radius 3 is 2.82 bits per heavy atom. The van der Waals surface area contributed by atoms with Crippen LogP contribution in [0.25, 0.3) is 0 Å². The third-order valence-corrected chi connectivity index (χ3v) is 3.71.